The van der Waals surface area contributed by atoms with E-state index in [0.29, 0.717) is 0 Å². The van der Waals surface area contributed by atoms with Crippen molar-refractivity contribution in [1.82, 2.24) is 0 Å². The molecule has 4 heavy (non-hydrogen) atoms. The van der Waals surface area contributed by atoms with Crippen LogP contribution in [0, 0.1) is 0 Å². The van der Waals surface area contributed by atoms with Crippen molar-refractivity contribution in [2.24, 2.45) is 0 Å². The Hall–Kier alpha value is 1.62. The maximum Gasteiger partial charge on any atom is 0 e. The summed E-state index contributed by atoms with van der Waals surface area (Å²) < 4.78 is 7.94. The van der Waals surface area contributed by atoms with Crippen molar-refractivity contribution in [1.29, 1.82) is 0 Å². The number of hydrogen-bond donors (Lipinski definition) is 0. The zero-order chi connectivity index (χ0) is 2.00. The van der Waals surface area contributed by atoms with Gasteiger partial charge in [-0.25, -0.2) is 0 Å². The molecule has 0 aromatic rings. The summed E-state index contributed by atoms with van der Waals surface area (Å²) in [5, 5.41) is 0. The van der Waals surface area contributed by atoms with Crippen LogP contribution in [0.25, 0.3) is 0 Å². The quantitative estimate of drug-likeness (QED) is 0.403. The molecule has 0 aromatic carbocycles. The summed E-state index contributed by atoms with van der Waals surface area (Å²) in [6.07, 6.45) is 0. The number of rotatable bonds is 0. The molecule has 0 saturated carbocycles. The zero-order valence-electron chi connectivity index (χ0n) is 2.24. The van der Waals surface area contributed by atoms with E-state index in [1.165, 1.54) is 0 Å². The minimum Gasteiger partial charge on any atom is 0 e. The topological polar surface area (TPSA) is 17.1 Å². The van der Waals surface area contributed by atoms with E-state index in [4.69, 9.17) is 3.87 Å². The van der Waals surface area contributed by atoms with Crippen molar-refractivity contribution in [2.45, 2.75) is 0 Å². The van der Waals surface area contributed by atoms with Crippen LogP contribution in [0.4, 0.5) is 0 Å². The third-order valence-corrected chi connectivity index (χ3v) is 0. The molecule has 0 atom stereocenters. The van der Waals surface area contributed by atoms with Gasteiger partial charge in [0.25, 0.3) is 0 Å². The second-order valence-electron chi connectivity index (χ2n) is 0. The molecule has 0 spiro atoms. The summed E-state index contributed by atoms with van der Waals surface area (Å²) in [6.45, 7) is 0. The van der Waals surface area contributed by atoms with Crippen molar-refractivity contribution >= 4 is 18.9 Å². The zero-order valence-corrected chi connectivity index (χ0v) is 4.84. The van der Waals surface area contributed by atoms with Crippen LogP contribution in [0.15, 0.2) is 0 Å². The molecule has 0 unspecified atom stereocenters. The van der Waals surface area contributed by atoms with Crippen LogP contribution in [0.1, 0.15) is 0 Å². The normalized spacial score (nSPS) is 1.25. The summed E-state index contributed by atoms with van der Waals surface area (Å²) in [6, 6.07) is 0. The first-order valence-electron chi connectivity index (χ1n) is 0.136. The van der Waals surface area contributed by atoms with Crippen molar-refractivity contribution in [2.75, 3.05) is 0 Å². The average molecular weight is 130 g/mol. The van der Waals surface area contributed by atoms with E-state index in [2.05, 4.69) is 15.7 Å². The van der Waals surface area contributed by atoms with Crippen molar-refractivity contribution in [3.63, 3.8) is 0 Å². The van der Waals surface area contributed by atoms with Gasteiger partial charge in [-0.1, -0.05) is 0 Å². The molecule has 1 nitrogen and oxygen atoms in total. The summed E-state index contributed by atoms with van der Waals surface area (Å²) in [5.74, 6) is 0. The third kappa shape index (κ3) is 9.47. The van der Waals surface area contributed by atoms with E-state index in [1.54, 1.807) is 0 Å². The summed E-state index contributed by atoms with van der Waals surface area (Å²) >= 11 is 2.31. The molecule has 0 amide bonds. The molecule has 0 aromatic heterocycles. The Morgan fingerprint density at radius 2 is 1.25 bits per heavy atom. The summed E-state index contributed by atoms with van der Waals surface area (Å²) in [7, 11) is 0. The van der Waals surface area contributed by atoms with Gasteiger partial charge in [0.15, 0.2) is 0 Å². The first kappa shape index (κ1) is 17.5. The fourth-order valence-corrected chi connectivity index (χ4v) is 0. The van der Waals surface area contributed by atoms with Gasteiger partial charge in [0.05, 0.1) is 0 Å². The Labute approximate surface area is 59.8 Å². The van der Waals surface area contributed by atoms with E-state index in [0.717, 1.165) is 0 Å². The maximum absolute atomic E-state index is 7.94. The monoisotopic (exact) mass is 130 g/mol. The predicted octanol–water partition coefficient (Wildman–Crippen LogP) is -0.505. The van der Waals surface area contributed by atoms with Crippen LogP contribution in [-0.2, 0) is 41.3 Å². The Bertz CT molecular complexity index is 8.00. The second-order valence-corrected chi connectivity index (χ2v) is 0. The maximum atomic E-state index is 7.94. The molecule has 0 N–H and O–H groups in total. The molecule has 0 bridgehead atoms. The Morgan fingerprint density at radius 1 is 1.25 bits per heavy atom. The van der Waals surface area contributed by atoms with E-state index < -0.39 is 0 Å². The molecule has 0 rings (SSSR count). The SMILES string of the molecule is [Li].[O]=[Co].[Ti]. The molecule has 0 saturated heterocycles. The van der Waals surface area contributed by atoms with Gasteiger partial charge in [0, 0.05) is 40.6 Å². The smallest absolute Gasteiger partial charge is 0 e. The first-order valence-corrected chi connectivity index (χ1v) is 0.561. The van der Waals surface area contributed by atoms with Gasteiger partial charge in [-0.05, 0) is 0 Å². The minimum atomic E-state index is 0. The van der Waals surface area contributed by atoms with E-state index >= 15 is 0 Å². The third-order valence-electron chi connectivity index (χ3n) is 0. The fraction of sp³-hybridized carbons (Fsp3) is 0. The van der Waals surface area contributed by atoms with Crippen LogP contribution in [0.2, 0.25) is 0 Å². The van der Waals surface area contributed by atoms with Crippen molar-refractivity contribution in [3.8, 4) is 0 Å². The van der Waals surface area contributed by atoms with E-state index in [1.807, 2.05) is 0 Å². The first-order chi connectivity index (χ1) is 1.00. The van der Waals surface area contributed by atoms with Gasteiger partial charge in [0.1, 0.15) is 0 Å². The van der Waals surface area contributed by atoms with Crippen LogP contribution in [0.5, 0.6) is 0 Å². The predicted molar refractivity (Wildman–Crippen MR) is 6.44 cm³/mol. The van der Waals surface area contributed by atoms with Crippen LogP contribution in [0.3, 0.4) is 0 Å². The molecule has 0 aliphatic heterocycles. The largest absolute Gasteiger partial charge is 0 e. The summed E-state index contributed by atoms with van der Waals surface area (Å²) in [4.78, 5) is 0. The van der Waals surface area contributed by atoms with Crippen molar-refractivity contribution in [3.05, 3.63) is 0 Å². The molecule has 0 aliphatic carbocycles. The Balaban J connectivity index is -0.00000000500. The van der Waals surface area contributed by atoms with Gasteiger partial charge in [0.2, 0.25) is 0 Å². The van der Waals surface area contributed by atoms with Crippen molar-refractivity contribution < 1.29 is 41.3 Å². The van der Waals surface area contributed by atoms with Gasteiger partial charge in [-0.15, -0.1) is 0 Å². The summed E-state index contributed by atoms with van der Waals surface area (Å²) in [5.41, 5.74) is 0. The molecule has 0 fully saturated rings. The van der Waals surface area contributed by atoms with Crippen LogP contribution in [-0.4, -0.2) is 18.9 Å². The fourth-order valence-electron chi connectivity index (χ4n) is 0. The van der Waals surface area contributed by atoms with E-state index in [-0.39, 0.29) is 40.6 Å². The van der Waals surface area contributed by atoms with Crippen LogP contribution < -0.4 is 0 Å². The molecule has 0 heterocycles. The van der Waals surface area contributed by atoms with Gasteiger partial charge < -0.3 is 0 Å². The van der Waals surface area contributed by atoms with Gasteiger partial charge in [-0.3, -0.25) is 0 Å². The standard InChI is InChI=1S/Co.Li.O.Ti. The average Bonchev–Trinajstić information content (AvgIpc) is 1.00. The van der Waals surface area contributed by atoms with Gasteiger partial charge >= 0.3 is 19.5 Å². The molecule has 20 valence electrons. The van der Waals surface area contributed by atoms with E-state index in [9.17, 15) is 0 Å². The molecule has 1 radical (unpaired) electrons. The van der Waals surface area contributed by atoms with Gasteiger partial charge in [-0.2, -0.15) is 0 Å². The Kier molecular flexibility index (Phi) is 101. The van der Waals surface area contributed by atoms with Crippen LogP contribution >= 0.6 is 0 Å². The number of hydrogen-bond acceptors (Lipinski definition) is 1. The molecule has 0 aliphatic rings. The second kappa shape index (κ2) is 23.1. The Morgan fingerprint density at radius 3 is 1.25 bits per heavy atom. The molecular weight excluding hydrogens is 130 g/mol. The molecule has 4 heteroatoms. The minimum absolute atomic E-state index is 0. The molecular formula is CoLiOTi.